The van der Waals surface area contributed by atoms with Crippen LogP contribution in [0.3, 0.4) is 0 Å². The Labute approximate surface area is 234 Å². The van der Waals surface area contributed by atoms with Crippen LogP contribution in [-0.2, 0) is 20.7 Å². The molecule has 1 aromatic heterocycles. The second-order valence-corrected chi connectivity index (χ2v) is 11.4. The molecule has 2 atom stereocenters. The van der Waals surface area contributed by atoms with E-state index in [-0.39, 0.29) is 18.1 Å². The van der Waals surface area contributed by atoms with E-state index in [2.05, 4.69) is 16.0 Å². The highest BCUT2D eigenvalue weighted by atomic mass is 32.1. The Morgan fingerprint density at radius 3 is 2.36 bits per heavy atom. The van der Waals surface area contributed by atoms with Gasteiger partial charge in [-0.05, 0) is 31.7 Å². The lowest BCUT2D eigenvalue weighted by atomic mass is 9.67. The second-order valence-electron chi connectivity index (χ2n) is 10.4. The molecule has 8 heteroatoms. The molecule has 39 heavy (non-hydrogen) atoms. The van der Waals surface area contributed by atoms with Gasteiger partial charge in [-0.1, -0.05) is 86.8 Å². The number of amides is 2. The van der Waals surface area contributed by atoms with Gasteiger partial charge in [0.2, 0.25) is 5.78 Å². The number of nitrogens with zero attached hydrogens (tertiary/aromatic N) is 1. The number of ketones is 1. The van der Waals surface area contributed by atoms with Gasteiger partial charge in [0.15, 0.2) is 0 Å². The number of alkyl carbamates (subject to hydrolysis) is 1. The van der Waals surface area contributed by atoms with Gasteiger partial charge in [0, 0.05) is 22.8 Å². The van der Waals surface area contributed by atoms with Crippen molar-refractivity contribution in [3.8, 4) is 11.3 Å². The van der Waals surface area contributed by atoms with E-state index in [9.17, 15) is 14.4 Å². The number of aromatic nitrogens is 1. The average Bonchev–Trinajstić information content (AvgIpc) is 3.41. The van der Waals surface area contributed by atoms with Gasteiger partial charge in [0.05, 0.1) is 23.4 Å². The molecular formula is C31H37N3O4S. The highest BCUT2D eigenvalue weighted by Gasteiger charge is 2.40. The monoisotopic (exact) mass is 547 g/mol. The smallest absolute Gasteiger partial charge is 0.407 e. The van der Waals surface area contributed by atoms with E-state index in [0.29, 0.717) is 12.8 Å². The van der Waals surface area contributed by atoms with Gasteiger partial charge >= 0.3 is 6.09 Å². The molecule has 2 N–H and O–H groups in total. The highest BCUT2D eigenvalue weighted by Crippen LogP contribution is 2.44. The molecule has 4 rings (SSSR count). The summed E-state index contributed by atoms with van der Waals surface area (Å²) in [6.45, 7) is 4.08. The number of thiazole rings is 1. The summed E-state index contributed by atoms with van der Waals surface area (Å²) in [7, 11) is 0. The quantitative estimate of drug-likeness (QED) is 0.246. The molecule has 0 aliphatic heterocycles. The Balaban J connectivity index is 1.32. The van der Waals surface area contributed by atoms with Crippen molar-refractivity contribution in [2.24, 2.45) is 5.41 Å². The second kappa shape index (κ2) is 13.5. The van der Waals surface area contributed by atoms with Crippen LogP contribution in [0.15, 0.2) is 66.0 Å². The third-order valence-electron chi connectivity index (χ3n) is 7.40. The number of hydrogen-bond acceptors (Lipinski definition) is 6. The number of benzene rings is 2. The van der Waals surface area contributed by atoms with Gasteiger partial charge in [-0.25, -0.2) is 9.78 Å². The molecule has 0 bridgehead atoms. The molecule has 0 saturated heterocycles. The maximum Gasteiger partial charge on any atom is 0.407 e. The van der Waals surface area contributed by atoms with Crippen LogP contribution in [0.4, 0.5) is 4.79 Å². The number of nitrogens with one attached hydrogen (secondary N) is 2. The Kier molecular flexibility index (Phi) is 9.87. The van der Waals surface area contributed by atoms with Crippen molar-refractivity contribution < 1.29 is 19.1 Å². The van der Waals surface area contributed by atoms with Crippen molar-refractivity contribution in [1.82, 2.24) is 15.6 Å². The lowest BCUT2D eigenvalue weighted by Gasteiger charge is -2.40. The van der Waals surface area contributed by atoms with Gasteiger partial charge in [0.25, 0.3) is 5.91 Å². The largest absolute Gasteiger partial charge is 0.449 e. The normalized spacial score (nSPS) is 15.4. The topological polar surface area (TPSA) is 97.4 Å². The number of carbonyl (C=O) groups is 3. The summed E-state index contributed by atoms with van der Waals surface area (Å²) in [6, 6.07) is 18.3. The predicted molar refractivity (Wildman–Crippen MR) is 153 cm³/mol. The zero-order valence-electron chi connectivity index (χ0n) is 22.7. The lowest BCUT2D eigenvalue weighted by molar-refractivity contribution is -0.139. The van der Waals surface area contributed by atoms with Gasteiger partial charge in [-0.2, -0.15) is 0 Å². The molecule has 1 heterocycles. The number of ether oxygens (including phenoxy) is 1. The van der Waals surface area contributed by atoms with Gasteiger partial charge in [0.1, 0.15) is 6.04 Å². The number of unbranched alkanes of at least 4 members (excludes halogenated alkanes) is 1. The van der Waals surface area contributed by atoms with Crippen molar-refractivity contribution in [3.05, 3.63) is 76.6 Å². The summed E-state index contributed by atoms with van der Waals surface area (Å²) >= 11 is 1.63. The first-order valence-corrected chi connectivity index (χ1v) is 14.6. The SMILES string of the molecule is CCCC[C@H](NC(=O)OCC1(Cc2nc(-c3ccccc3)cs2)CCC1)C(=O)C(=O)N[C@H](C)c1ccccc1. The Morgan fingerprint density at radius 2 is 1.72 bits per heavy atom. The van der Waals surface area contributed by atoms with Crippen molar-refractivity contribution in [1.29, 1.82) is 0 Å². The summed E-state index contributed by atoms with van der Waals surface area (Å²) in [5.41, 5.74) is 2.80. The molecule has 0 spiro atoms. The van der Waals surface area contributed by atoms with E-state index in [1.165, 1.54) is 0 Å². The summed E-state index contributed by atoms with van der Waals surface area (Å²) in [5.74, 6) is -1.36. The standard InChI is InChI=1S/C31H37N3O4S/c1-3-4-16-25(28(35)29(36)32-22(2)23-12-7-5-8-13-23)34-30(37)38-21-31(17-11-18-31)19-27-33-26(20-39-27)24-14-9-6-10-15-24/h5-10,12-15,20,22,25H,3-4,11,16-19,21H2,1-2H3,(H,32,36)(H,34,37)/t22-,25+/m1/s1. The fourth-order valence-electron chi connectivity index (χ4n) is 4.83. The maximum absolute atomic E-state index is 13.0. The predicted octanol–water partition coefficient (Wildman–Crippen LogP) is 6.25. The van der Waals surface area contributed by atoms with Crippen LogP contribution in [0.25, 0.3) is 11.3 Å². The lowest BCUT2D eigenvalue weighted by Crippen LogP contribution is -2.49. The molecule has 7 nitrogen and oxygen atoms in total. The van der Waals surface area contributed by atoms with E-state index in [0.717, 1.165) is 53.9 Å². The van der Waals surface area contributed by atoms with E-state index >= 15 is 0 Å². The molecule has 1 aliphatic rings. The van der Waals surface area contributed by atoms with E-state index in [1.807, 2.05) is 74.5 Å². The highest BCUT2D eigenvalue weighted by molar-refractivity contribution is 7.09. The van der Waals surface area contributed by atoms with Crippen LogP contribution in [-0.4, -0.2) is 35.4 Å². The van der Waals surface area contributed by atoms with Crippen LogP contribution >= 0.6 is 11.3 Å². The zero-order chi connectivity index (χ0) is 27.7. The molecule has 1 fully saturated rings. The van der Waals surface area contributed by atoms with Gasteiger partial charge < -0.3 is 15.4 Å². The maximum atomic E-state index is 13.0. The Morgan fingerprint density at radius 1 is 1.03 bits per heavy atom. The van der Waals surface area contributed by atoms with Crippen molar-refractivity contribution in [2.45, 2.75) is 70.9 Å². The molecular weight excluding hydrogens is 510 g/mol. The van der Waals surface area contributed by atoms with E-state index < -0.39 is 23.8 Å². The molecule has 1 aliphatic carbocycles. The van der Waals surface area contributed by atoms with Gasteiger partial charge in [-0.3, -0.25) is 9.59 Å². The molecule has 2 aromatic carbocycles. The minimum atomic E-state index is -0.926. The Hall–Kier alpha value is -3.52. The summed E-state index contributed by atoms with van der Waals surface area (Å²) < 4.78 is 5.65. The van der Waals surface area contributed by atoms with E-state index in [4.69, 9.17) is 9.72 Å². The minimum absolute atomic E-state index is 0.144. The molecule has 1 saturated carbocycles. The third-order valence-corrected chi connectivity index (χ3v) is 8.25. The van der Waals surface area contributed by atoms with Crippen LogP contribution in [0.1, 0.15) is 69.0 Å². The first kappa shape index (κ1) is 28.5. The summed E-state index contributed by atoms with van der Waals surface area (Å²) in [4.78, 5) is 43.3. The van der Waals surface area contributed by atoms with Crippen LogP contribution in [0, 0.1) is 5.41 Å². The number of carbonyl (C=O) groups excluding carboxylic acids is 3. The van der Waals surface area contributed by atoms with Gasteiger partial charge in [-0.15, -0.1) is 11.3 Å². The first-order chi connectivity index (χ1) is 18.9. The molecule has 2 amide bonds. The fraction of sp³-hybridized carbons (Fsp3) is 0.419. The van der Waals surface area contributed by atoms with Crippen LogP contribution in [0.2, 0.25) is 0 Å². The first-order valence-electron chi connectivity index (χ1n) is 13.7. The summed E-state index contributed by atoms with van der Waals surface area (Å²) in [5, 5.41) is 8.52. The zero-order valence-corrected chi connectivity index (χ0v) is 23.5. The Bertz CT molecular complexity index is 1240. The molecule has 0 unspecified atom stereocenters. The van der Waals surface area contributed by atoms with Crippen molar-refractivity contribution in [3.63, 3.8) is 0 Å². The van der Waals surface area contributed by atoms with Crippen LogP contribution in [0.5, 0.6) is 0 Å². The third kappa shape index (κ3) is 7.76. The molecule has 3 aromatic rings. The summed E-state index contributed by atoms with van der Waals surface area (Å²) in [6.07, 6.45) is 5.00. The van der Waals surface area contributed by atoms with Crippen LogP contribution < -0.4 is 10.6 Å². The molecule has 206 valence electrons. The average molecular weight is 548 g/mol. The molecule has 0 radical (unpaired) electrons. The van der Waals surface area contributed by atoms with Crippen molar-refractivity contribution in [2.75, 3.05) is 6.61 Å². The number of rotatable bonds is 13. The fourth-order valence-corrected chi connectivity index (χ4v) is 5.81. The number of hydrogen-bond donors (Lipinski definition) is 2. The van der Waals surface area contributed by atoms with Crippen molar-refractivity contribution >= 4 is 29.1 Å². The minimum Gasteiger partial charge on any atom is -0.449 e. The number of Topliss-reactive ketones (excluding diaryl/α,β-unsaturated/α-hetero) is 1. The van der Waals surface area contributed by atoms with E-state index in [1.54, 1.807) is 11.3 Å².